The van der Waals surface area contributed by atoms with E-state index in [4.69, 9.17) is 16.3 Å². The lowest BCUT2D eigenvalue weighted by Gasteiger charge is -2.23. The van der Waals surface area contributed by atoms with Gasteiger partial charge in [0.05, 0.1) is 12.2 Å². The Hall–Kier alpha value is -3.61. The third-order valence-electron chi connectivity index (χ3n) is 5.04. The summed E-state index contributed by atoms with van der Waals surface area (Å²) in [5.41, 5.74) is 3.49. The zero-order chi connectivity index (χ0) is 23.4. The van der Waals surface area contributed by atoms with Crippen LogP contribution in [0.2, 0.25) is 5.02 Å². The second-order valence-electron chi connectivity index (χ2n) is 7.37. The molecule has 0 fully saturated rings. The highest BCUT2D eigenvalue weighted by atomic mass is 35.5. The normalized spacial score (nSPS) is 10.6. The molecule has 4 rings (SSSR count). The quantitative estimate of drug-likeness (QED) is 0.296. The van der Waals surface area contributed by atoms with Crippen LogP contribution in [0, 0.1) is 6.92 Å². The van der Waals surface area contributed by atoms with Crippen molar-refractivity contribution in [1.82, 2.24) is 0 Å². The Balaban J connectivity index is 1.84. The van der Waals surface area contributed by atoms with Crippen molar-refractivity contribution in [2.75, 3.05) is 4.90 Å². The van der Waals surface area contributed by atoms with E-state index >= 15 is 0 Å². The first-order valence-electron chi connectivity index (χ1n) is 10.1. The number of benzene rings is 3. The van der Waals surface area contributed by atoms with Crippen LogP contribution >= 0.6 is 22.9 Å². The molecule has 4 aromatic rings. The highest BCUT2D eigenvalue weighted by Crippen LogP contribution is 2.44. The fraction of sp³-hybridized carbons (Fsp3) is 0.0769. The molecular formula is C26H20ClNO4S. The number of aryl methyl sites for hydroxylation is 1. The maximum absolute atomic E-state index is 13.6. The Morgan fingerprint density at radius 2 is 1.64 bits per heavy atom. The summed E-state index contributed by atoms with van der Waals surface area (Å²) in [6, 6.07) is 25.8. The number of carboxylic acid groups (broad SMARTS) is 1. The van der Waals surface area contributed by atoms with Gasteiger partial charge in [0, 0.05) is 15.5 Å². The molecule has 0 spiro atoms. The van der Waals surface area contributed by atoms with E-state index in [1.807, 2.05) is 67.6 Å². The SMILES string of the molecule is Cc1ccc(C(=O)N(Cc2ccccc2Cl)c2cc(-c3ccccc3)sc2OC(=O)O)cc1. The summed E-state index contributed by atoms with van der Waals surface area (Å²) >= 11 is 7.56. The molecule has 1 aromatic heterocycles. The summed E-state index contributed by atoms with van der Waals surface area (Å²) in [7, 11) is 0. The smallest absolute Gasteiger partial charge is 0.449 e. The van der Waals surface area contributed by atoms with Crippen molar-refractivity contribution in [3.8, 4) is 15.5 Å². The topological polar surface area (TPSA) is 66.8 Å². The summed E-state index contributed by atoms with van der Waals surface area (Å²) in [6.07, 6.45) is -1.45. The van der Waals surface area contributed by atoms with E-state index in [2.05, 4.69) is 0 Å². The molecular weight excluding hydrogens is 458 g/mol. The number of thiophene rings is 1. The number of carbonyl (C=O) groups excluding carboxylic acids is 1. The predicted octanol–water partition coefficient (Wildman–Crippen LogP) is 7.28. The molecule has 0 radical (unpaired) electrons. The third kappa shape index (κ3) is 5.25. The zero-order valence-corrected chi connectivity index (χ0v) is 19.3. The van der Waals surface area contributed by atoms with Crippen molar-refractivity contribution < 1.29 is 19.4 Å². The van der Waals surface area contributed by atoms with Gasteiger partial charge in [0.25, 0.3) is 5.91 Å². The van der Waals surface area contributed by atoms with Crippen LogP contribution in [-0.4, -0.2) is 17.2 Å². The van der Waals surface area contributed by atoms with Crippen molar-refractivity contribution in [3.05, 3.63) is 107 Å². The Morgan fingerprint density at radius 1 is 0.970 bits per heavy atom. The van der Waals surface area contributed by atoms with Gasteiger partial charge in [0.15, 0.2) is 0 Å². The van der Waals surface area contributed by atoms with E-state index in [0.717, 1.165) is 21.6 Å². The minimum atomic E-state index is -1.45. The van der Waals surface area contributed by atoms with Gasteiger partial charge >= 0.3 is 6.16 Å². The fourth-order valence-corrected chi connectivity index (χ4v) is 4.57. The number of ether oxygens (including phenoxy) is 1. The van der Waals surface area contributed by atoms with Gasteiger partial charge in [-0.3, -0.25) is 9.69 Å². The van der Waals surface area contributed by atoms with Crippen LogP contribution in [0.4, 0.5) is 10.5 Å². The first-order chi connectivity index (χ1) is 15.9. The van der Waals surface area contributed by atoms with Crippen LogP contribution in [0.5, 0.6) is 5.06 Å². The molecule has 1 N–H and O–H groups in total. The van der Waals surface area contributed by atoms with Crippen LogP contribution < -0.4 is 9.64 Å². The Labute approximate surface area is 200 Å². The molecule has 5 nitrogen and oxygen atoms in total. The lowest BCUT2D eigenvalue weighted by Crippen LogP contribution is -2.30. The van der Waals surface area contributed by atoms with Crippen molar-refractivity contribution >= 4 is 40.7 Å². The summed E-state index contributed by atoms with van der Waals surface area (Å²) in [5.74, 6) is -0.289. The number of carbonyl (C=O) groups is 2. The largest absolute Gasteiger partial charge is 0.512 e. The summed E-state index contributed by atoms with van der Waals surface area (Å²) in [5, 5.41) is 9.96. The Morgan fingerprint density at radius 3 is 2.30 bits per heavy atom. The van der Waals surface area contributed by atoms with Crippen LogP contribution in [0.25, 0.3) is 10.4 Å². The van der Waals surface area contributed by atoms with Gasteiger partial charge in [-0.25, -0.2) is 4.79 Å². The zero-order valence-electron chi connectivity index (χ0n) is 17.7. The second kappa shape index (κ2) is 9.90. The standard InChI is InChI=1S/C26H20ClNO4S/c1-17-11-13-19(14-12-17)24(29)28(16-20-9-5-6-10-21(20)27)22-15-23(18-7-3-2-4-8-18)33-25(22)32-26(30)31/h2-15H,16H2,1H3,(H,30,31). The van der Waals surface area contributed by atoms with Crippen LogP contribution in [0.1, 0.15) is 21.5 Å². The molecule has 33 heavy (non-hydrogen) atoms. The van der Waals surface area contributed by atoms with Crippen molar-refractivity contribution in [2.24, 2.45) is 0 Å². The van der Waals surface area contributed by atoms with E-state index in [1.54, 1.807) is 24.3 Å². The van der Waals surface area contributed by atoms with Crippen molar-refractivity contribution in [2.45, 2.75) is 13.5 Å². The molecule has 3 aromatic carbocycles. The van der Waals surface area contributed by atoms with Gasteiger partial charge in [-0.05, 0) is 42.3 Å². The molecule has 0 atom stereocenters. The van der Waals surface area contributed by atoms with E-state index in [-0.39, 0.29) is 17.5 Å². The van der Waals surface area contributed by atoms with E-state index in [0.29, 0.717) is 16.3 Å². The third-order valence-corrected chi connectivity index (χ3v) is 6.46. The molecule has 166 valence electrons. The number of anilines is 1. The number of amides is 1. The van der Waals surface area contributed by atoms with Gasteiger partial charge in [-0.2, -0.15) is 0 Å². The van der Waals surface area contributed by atoms with Crippen molar-refractivity contribution in [3.63, 3.8) is 0 Å². The first kappa shape index (κ1) is 22.6. The molecule has 0 saturated heterocycles. The highest BCUT2D eigenvalue weighted by Gasteiger charge is 2.26. The minimum Gasteiger partial charge on any atom is -0.449 e. The van der Waals surface area contributed by atoms with Gasteiger partial charge in [0.2, 0.25) is 5.06 Å². The number of hydrogen-bond acceptors (Lipinski definition) is 4. The average Bonchev–Trinajstić information content (AvgIpc) is 3.22. The fourth-order valence-electron chi connectivity index (χ4n) is 3.37. The maximum Gasteiger partial charge on any atom is 0.512 e. The summed E-state index contributed by atoms with van der Waals surface area (Å²) < 4.78 is 5.11. The average molecular weight is 478 g/mol. The Bertz CT molecular complexity index is 1290. The molecule has 0 aliphatic carbocycles. The van der Waals surface area contributed by atoms with E-state index in [1.165, 1.54) is 16.2 Å². The molecule has 1 amide bonds. The number of rotatable bonds is 6. The van der Waals surface area contributed by atoms with Gasteiger partial charge < -0.3 is 9.84 Å². The number of nitrogens with zero attached hydrogens (tertiary/aromatic N) is 1. The molecule has 0 unspecified atom stereocenters. The summed E-state index contributed by atoms with van der Waals surface area (Å²) in [4.78, 5) is 27.4. The number of hydrogen-bond donors (Lipinski definition) is 1. The minimum absolute atomic E-state index is 0.119. The van der Waals surface area contributed by atoms with Crippen LogP contribution in [-0.2, 0) is 6.54 Å². The van der Waals surface area contributed by atoms with Crippen molar-refractivity contribution in [1.29, 1.82) is 0 Å². The molecule has 0 bridgehead atoms. The number of halogens is 1. The maximum atomic E-state index is 13.6. The second-order valence-corrected chi connectivity index (χ2v) is 8.79. The Kier molecular flexibility index (Phi) is 6.77. The summed E-state index contributed by atoms with van der Waals surface area (Å²) in [6.45, 7) is 2.09. The van der Waals surface area contributed by atoms with Gasteiger partial charge in [-0.1, -0.05) is 89.2 Å². The van der Waals surface area contributed by atoms with Gasteiger partial charge in [0.1, 0.15) is 0 Å². The lowest BCUT2D eigenvalue weighted by atomic mass is 10.1. The molecule has 7 heteroatoms. The highest BCUT2D eigenvalue weighted by molar-refractivity contribution is 7.18. The lowest BCUT2D eigenvalue weighted by molar-refractivity contribution is 0.0983. The molecule has 0 aliphatic rings. The first-order valence-corrected chi connectivity index (χ1v) is 11.3. The predicted molar refractivity (Wildman–Crippen MR) is 132 cm³/mol. The van der Waals surface area contributed by atoms with Crippen LogP contribution in [0.15, 0.2) is 84.9 Å². The molecule has 0 aliphatic heterocycles. The molecule has 0 saturated carbocycles. The van der Waals surface area contributed by atoms with E-state index in [9.17, 15) is 14.7 Å². The molecule has 1 heterocycles. The van der Waals surface area contributed by atoms with Crippen LogP contribution in [0.3, 0.4) is 0 Å². The monoisotopic (exact) mass is 477 g/mol. The van der Waals surface area contributed by atoms with Gasteiger partial charge in [-0.15, -0.1) is 0 Å². The van der Waals surface area contributed by atoms with E-state index < -0.39 is 6.16 Å².